The van der Waals surface area contributed by atoms with Gasteiger partial charge in [0.1, 0.15) is 5.82 Å². The Balaban J connectivity index is 1.48. The van der Waals surface area contributed by atoms with E-state index >= 15 is 0 Å². The number of halogens is 1. The molecule has 0 saturated carbocycles. The fraction of sp³-hybridized carbons (Fsp3) is 0.222. The fourth-order valence-electron chi connectivity index (χ4n) is 4.42. The van der Waals surface area contributed by atoms with Crippen molar-refractivity contribution < 1.29 is 9.18 Å². The highest BCUT2D eigenvalue weighted by Crippen LogP contribution is 2.38. The number of hydrogen-bond donors (Lipinski definition) is 2. The summed E-state index contributed by atoms with van der Waals surface area (Å²) in [4.78, 5) is 18.2. The van der Waals surface area contributed by atoms with Crippen LogP contribution in [0.5, 0.6) is 0 Å². The van der Waals surface area contributed by atoms with Crippen LogP contribution in [0.15, 0.2) is 84.0 Å². The first kappa shape index (κ1) is 23.1. The molecule has 0 aliphatic carbocycles. The summed E-state index contributed by atoms with van der Waals surface area (Å²) in [6, 6.07) is 23.2. The average molecular weight is 488 g/mol. The summed E-state index contributed by atoms with van der Waals surface area (Å²) in [6.45, 7) is 4.05. The number of amides is 1. The third kappa shape index (κ3) is 4.93. The second-order valence-corrected chi connectivity index (χ2v) is 9.63. The Morgan fingerprint density at radius 1 is 1.06 bits per heavy atom. The van der Waals surface area contributed by atoms with Crippen molar-refractivity contribution in [2.75, 3.05) is 10.6 Å². The number of carbonyl (C=O) groups is 1. The highest BCUT2D eigenvalue weighted by molar-refractivity contribution is 7.98. The SMILES string of the molecule is Cc1ccccc1CSc1nc2n(n1)C(c1ccc(F)cc1)C(C(=O)Nc1ccccc1)C(C)N2. The summed E-state index contributed by atoms with van der Waals surface area (Å²) in [6.07, 6.45) is 0. The molecule has 0 spiro atoms. The van der Waals surface area contributed by atoms with Gasteiger partial charge in [0.15, 0.2) is 0 Å². The van der Waals surface area contributed by atoms with E-state index in [9.17, 15) is 9.18 Å². The first-order valence-corrected chi connectivity index (χ1v) is 12.5. The lowest BCUT2D eigenvalue weighted by Crippen LogP contribution is -2.46. The molecule has 0 fully saturated rings. The predicted molar refractivity (Wildman–Crippen MR) is 137 cm³/mol. The molecule has 2 heterocycles. The van der Waals surface area contributed by atoms with E-state index in [1.165, 1.54) is 23.3 Å². The van der Waals surface area contributed by atoms with Gasteiger partial charge in [-0.05, 0) is 54.8 Å². The van der Waals surface area contributed by atoms with Gasteiger partial charge in [-0.1, -0.05) is 66.4 Å². The Morgan fingerprint density at radius 2 is 1.77 bits per heavy atom. The van der Waals surface area contributed by atoms with E-state index < -0.39 is 12.0 Å². The molecule has 0 bridgehead atoms. The zero-order valence-electron chi connectivity index (χ0n) is 19.5. The third-order valence-corrected chi connectivity index (χ3v) is 7.17. The molecule has 3 atom stereocenters. The molecular weight excluding hydrogens is 461 g/mol. The number of fused-ring (bicyclic) bond motifs is 1. The van der Waals surface area contributed by atoms with Crippen molar-refractivity contribution in [3.05, 3.63) is 101 Å². The van der Waals surface area contributed by atoms with Crippen LogP contribution in [-0.4, -0.2) is 26.7 Å². The van der Waals surface area contributed by atoms with Gasteiger partial charge >= 0.3 is 0 Å². The van der Waals surface area contributed by atoms with Gasteiger partial charge in [-0.25, -0.2) is 9.07 Å². The summed E-state index contributed by atoms with van der Waals surface area (Å²) >= 11 is 1.55. The van der Waals surface area contributed by atoms with Crippen LogP contribution in [0.25, 0.3) is 0 Å². The Bertz CT molecular complexity index is 1330. The maximum atomic E-state index is 13.7. The van der Waals surface area contributed by atoms with Crippen molar-refractivity contribution >= 4 is 29.3 Å². The molecule has 35 heavy (non-hydrogen) atoms. The van der Waals surface area contributed by atoms with Crippen molar-refractivity contribution in [3.8, 4) is 0 Å². The molecule has 0 saturated heterocycles. The number of para-hydroxylation sites is 1. The van der Waals surface area contributed by atoms with Gasteiger partial charge in [0.2, 0.25) is 17.0 Å². The van der Waals surface area contributed by atoms with Crippen LogP contribution in [0.1, 0.15) is 29.7 Å². The van der Waals surface area contributed by atoms with Crippen LogP contribution < -0.4 is 10.6 Å². The normalized spacial score (nSPS) is 19.0. The number of rotatable bonds is 6. The average Bonchev–Trinajstić information content (AvgIpc) is 3.26. The van der Waals surface area contributed by atoms with Gasteiger partial charge < -0.3 is 10.6 Å². The van der Waals surface area contributed by atoms with E-state index in [4.69, 9.17) is 10.1 Å². The van der Waals surface area contributed by atoms with E-state index in [-0.39, 0.29) is 17.8 Å². The van der Waals surface area contributed by atoms with Crippen LogP contribution in [0.4, 0.5) is 16.0 Å². The van der Waals surface area contributed by atoms with Crippen LogP contribution >= 0.6 is 11.8 Å². The Morgan fingerprint density at radius 3 is 2.51 bits per heavy atom. The van der Waals surface area contributed by atoms with Crippen molar-refractivity contribution in [2.45, 2.75) is 36.8 Å². The molecule has 3 aromatic carbocycles. The molecular formula is C27H26FN5OS. The molecule has 0 radical (unpaired) electrons. The number of thioether (sulfide) groups is 1. The molecule has 1 aliphatic heterocycles. The standard InChI is InChI=1S/C27H26FN5OS/c1-17-8-6-7-9-20(17)16-35-27-31-26-29-18(2)23(25(34)30-22-10-4-3-5-11-22)24(33(26)32-27)19-12-14-21(28)15-13-19/h3-15,18,23-24H,16H2,1-2H3,(H,30,34)(H,29,31,32). The van der Waals surface area contributed by atoms with Gasteiger partial charge in [-0.3, -0.25) is 4.79 Å². The summed E-state index contributed by atoms with van der Waals surface area (Å²) in [5.41, 5.74) is 3.97. The van der Waals surface area contributed by atoms with Crippen LogP contribution in [0.3, 0.4) is 0 Å². The largest absolute Gasteiger partial charge is 0.351 e. The number of nitrogens with zero attached hydrogens (tertiary/aromatic N) is 3. The van der Waals surface area contributed by atoms with Gasteiger partial charge in [0, 0.05) is 17.5 Å². The number of anilines is 2. The molecule has 1 aromatic heterocycles. The second-order valence-electron chi connectivity index (χ2n) is 8.69. The lowest BCUT2D eigenvalue weighted by Gasteiger charge is -2.36. The highest BCUT2D eigenvalue weighted by Gasteiger charge is 2.42. The van der Waals surface area contributed by atoms with E-state index in [0.717, 1.165) is 17.0 Å². The first-order valence-electron chi connectivity index (χ1n) is 11.5. The Kier molecular flexibility index (Phi) is 6.55. The number of benzene rings is 3. The molecule has 1 amide bonds. The van der Waals surface area contributed by atoms with Crippen LogP contribution in [-0.2, 0) is 10.5 Å². The van der Waals surface area contributed by atoms with E-state index in [1.54, 1.807) is 28.6 Å². The minimum absolute atomic E-state index is 0.138. The highest BCUT2D eigenvalue weighted by atomic mass is 32.2. The summed E-state index contributed by atoms with van der Waals surface area (Å²) in [7, 11) is 0. The molecule has 178 valence electrons. The third-order valence-electron chi connectivity index (χ3n) is 6.28. The summed E-state index contributed by atoms with van der Waals surface area (Å²) in [5, 5.41) is 11.8. The minimum atomic E-state index is -0.496. The molecule has 2 N–H and O–H groups in total. The number of carbonyl (C=O) groups excluding carboxylic acids is 1. The van der Waals surface area contributed by atoms with Gasteiger partial charge in [0.05, 0.1) is 12.0 Å². The smallest absolute Gasteiger partial charge is 0.232 e. The number of hydrogen-bond acceptors (Lipinski definition) is 5. The van der Waals surface area contributed by atoms with Crippen molar-refractivity contribution in [1.82, 2.24) is 14.8 Å². The quantitative estimate of drug-likeness (QED) is 0.343. The topological polar surface area (TPSA) is 71.8 Å². The molecule has 1 aliphatic rings. The zero-order valence-corrected chi connectivity index (χ0v) is 20.3. The van der Waals surface area contributed by atoms with Crippen molar-refractivity contribution in [3.63, 3.8) is 0 Å². The molecule has 3 unspecified atom stereocenters. The maximum absolute atomic E-state index is 13.7. The van der Waals surface area contributed by atoms with Gasteiger partial charge in [-0.2, -0.15) is 4.98 Å². The second kappa shape index (κ2) is 9.92. The number of aryl methyl sites for hydroxylation is 1. The molecule has 4 aromatic rings. The van der Waals surface area contributed by atoms with Crippen molar-refractivity contribution in [2.24, 2.45) is 5.92 Å². The fourth-order valence-corrected chi connectivity index (χ4v) is 5.32. The molecule has 8 heteroatoms. The van der Waals surface area contributed by atoms with E-state index in [1.807, 2.05) is 49.4 Å². The van der Waals surface area contributed by atoms with Crippen LogP contribution in [0, 0.1) is 18.7 Å². The number of aromatic nitrogens is 3. The lowest BCUT2D eigenvalue weighted by atomic mass is 9.85. The lowest BCUT2D eigenvalue weighted by molar-refractivity contribution is -0.121. The van der Waals surface area contributed by atoms with E-state index in [2.05, 4.69) is 29.7 Å². The Labute approximate surface area is 208 Å². The molecule has 5 rings (SSSR count). The van der Waals surface area contributed by atoms with Crippen molar-refractivity contribution in [1.29, 1.82) is 0 Å². The van der Waals surface area contributed by atoms with E-state index in [0.29, 0.717) is 11.1 Å². The van der Waals surface area contributed by atoms with Crippen LogP contribution in [0.2, 0.25) is 0 Å². The van der Waals surface area contributed by atoms with Gasteiger partial charge in [-0.15, -0.1) is 5.10 Å². The molecule has 6 nitrogen and oxygen atoms in total. The zero-order chi connectivity index (χ0) is 24.4. The number of nitrogens with one attached hydrogen (secondary N) is 2. The minimum Gasteiger partial charge on any atom is -0.351 e. The maximum Gasteiger partial charge on any atom is 0.232 e. The predicted octanol–water partition coefficient (Wildman–Crippen LogP) is 5.68. The Hall–Kier alpha value is -3.65. The summed E-state index contributed by atoms with van der Waals surface area (Å²) < 4.78 is 15.5. The monoisotopic (exact) mass is 487 g/mol. The first-order chi connectivity index (χ1) is 17.0. The summed E-state index contributed by atoms with van der Waals surface area (Å²) in [5.74, 6) is 0.382. The van der Waals surface area contributed by atoms with Gasteiger partial charge in [0.25, 0.3) is 0 Å².